The van der Waals surface area contributed by atoms with E-state index in [1.54, 1.807) is 19.5 Å². The molecule has 1 aliphatic rings. The number of rotatable bonds is 5. The van der Waals surface area contributed by atoms with Gasteiger partial charge in [0, 0.05) is 50.1 Å². The third kappa shape index (κ3) is 5.83. The lowest BCUT2D eigenvalue weighted by Gasteiger charge is -2.35. The Morgan fingerprint density at radius 1 is 1.22 bits per heavy atom. The normalized spacial score (nSPS) is 14.7. The van der Waals surface area contributed by atoms with Crippen LogP contribution in [0.1, 0.15) is 5.56 Å². The summed E-state index contributed by atoms with van der Waals surface area (Å²) in [6, 6.07) is 7.50. The van der Waals surface area contributed by atoms with Crippen LogP contribution in [0.5, 0.6) is 5.75 Å². The molecule has 2 heterocycles. The maximum Gasteiger partial charge on any atom is 0.225 e. The van der Waals surface area contributed by atoms with Crippen LogP contribution in [0.3, 0.4) is 0 Å². The van der Waals surface area contributed by atoms with Crippen LogP contribution in [-0.4, -0.2) is 60.7 Å². The van der Waals surface area contributed by atoms with Gasteiger partial charge in [-0.25, -0.2) is 9.97 Å². The Hall–Kier alpha value is -1.81. The molecule has 2 aromatic rings. The Morgan fingerprint density at radius 3 is 2.56 bits per heavy atom. The molecular formula is C18H24ClIN6O. The van der Waals surface area contributed by atoms with Gasteiger partial charge in [0.25, 0.3) is 0 Å². The lowest BCUT2D eigenvalue weighted by atomic mass is 10.1. The van der Waals surface area contributed by atoms with Crippen LogP contribution in [0.15, 0.2) is 41.7 Å². The predicted octanol–water partition coefficient (Wildman–Crippen LogP) is 2.44. The van der Waals surface area contributed by atoms with Crippen LogP contribution in [0.25, 0.3) is 0 Å². The fourth-order valence-electron chi connectivity index (χ4n) is 2.84. The molecule has 1 aromatic carbocycles. The fourth-order valence-corrected chi connectivity index (χ4v) is 3.10. The van der Waals surface area contributed by atoms with E-state index in [9.17, 15) is 0 Å². The van der Waals surface area contributed by atoms with Gasteiger partial charge >= 0.3 is 0 Å². The number of hydrogen-bond donors (Lipinski definition) is 1. The molecule has 7 nitrogen and oxygen atoms in total. The van der Waals surface area contributed by atoms with E-state index in [-0.39, 0.29) is 24.0 Å². The highest BCUT2D eigenvalue weighted by Gasteiger charge is 2.19. The summed E-state index contributed by atoms with van der Waals surface area (Å²) in [5.41, 5.74) is 7.19. The van der Waals surface area contributed by atoms with Crippen molar-refractivity contribution in [2.45, 2.75) is 6.42 Å². The molecule has 0 atom stereocenters. The van der Waals surface area contributed by atoms with Crippen molar-refractivity contribution in [3.8, 4) is 5.75 Å². The second kappa shape index (κ2) is 10.5. The average Bonchev–Trinajstić information content (AvgIpc) is 2.70. The number of anilines is 1. The number of hydrogen-bond acceptors (Lipinski definition) is 5. The molecule has 1 aliphatic heterocycles. The van der Waals surface area contributed by atoms with Crippen LogP contribution >= 0.6 is 35.6 Å². The molecule has 3 rings (SSSR count). The number of aromatic nitrogens is 2. The molecule has 0 amide bonds. The molecule has 1 aromatic heterocycles. The van der Waals surface area contributed by atoms with Crippen LogP contribution in [0, 0.1) is 0 Å². The minimum atomic E-state index is 0. The Kier molecular flexibility index (Phi) is 8.36. The summed E-state index contributed by atoms with van der Waals surface area (Å²) in [6.45, 7) is 3.85. The monoisotopic (exact) mass is 502 g/mol. The highest BCUT2D eigenvalue weighted by Crippen LogP contribution is 2.22. The maximum atomic E-state index is 6.26. The largest absolute Gasteiger partial charge is 0.497 e. The van der Waals surface area contributed by atoms with Gasteiger partial charge in [-0.1, -0.05) is 17.7 Å². The standard InChI is InChI=1S/C18H23ClN6O.HI/c1-26-15-4-3-14(16(19)13-15)5-8-21-17(20)24-9-11-25(12-10-24)18-22-6-2-7-23-18;/h2-4,6-7,13H,5,8-12H2,1H3,(H2,20,21);1H. The molecule has 0 spiro atoms. The van der Waals surface area contributed by atoms with E-state index in [0.717, 1.165) is 49.9 Å². The molecule has 27 heavy (non-hydrogen) atoms. The maximum absolute atomic E-state index is 6.26. The van der Waals surface area contributed by atoms with Crippen molar-refractivity contribution in [3.05, 3.63) is 47.2 Å². The molecule has 0 aliphatic carbocycles. The molecule has 0 saturated carbocycles. The smallest absolute Gasteiger partial charge is 0.225 e. The Balaban J connectivity index is 0.00000261. The highest BCUT2D eigenvalue weighted by molar-refractivity contribution is 14.0. The van der Waals surface area contributed by atoms with E-state index < -0.39 is 0 Å². The summed E-state index contributed by atoms with van der Waals surface area (Å²) in [5.74, 6) is 2.09. The first-order valence-electron chi connectivity index (χ1n) is 8.56. The second-order valence-corrected chi connectivity index (χ2v) is 6.38. The molecule has 0 unspecified atom stereocenters. The molecule has 1 saturated heterocycles. The lowest BCUT2D eigenvalue weighted by molar-refractivity contribution is 0.378. The van der Waals surface area contributed by atoms with E-state index in [4.69, 9.17) is 22.1 Å². The third-order valence-corrected chi connectivity index (χ3v) is 4.71. The quantitative estimate of drug-likeness (QED) is 0.384. The van der Waals surface area contributed by atoms with Crippen LogP contribution < -0.4 is 15.4 Å². The summed E-state index contributed by atoms with van der Waals surface area (Å²) < 4.78 is 5.16. The number of ether oxygens (including phenoxy) is 1. The zero-order valence-corrected chi connectivity index (χ0v) is 18.3. The first-order chi connectivity index (χ1) is 12.7. The van der Waals surface area contributed by atoms with Crippen molar-refractivity contribution in [3.63, 3.8) is 0 Å². The van der Waals surface area contributed by atoms with E-state index in [1.807, 2.05) is 24.3 Å². The van der Waals surface area contributed by atoms with Crippen molar-refractivity contribution in [2.75, 3.05) is 44.7 Å². The van der Waals surface area contributed by atoms with E-state index in [2.05, 4.69) is 24.8 Å². The zero-order valence-electron chi connectivity index (χ0n) is 15.2. The van der Waals surface area contributed by atoms with Gasteiger partial charge in [-0.2, -0.15) is 0 Å². The van der Waals surface area contributed by atoms with Crippen LogP contribution in [-0.2, 0) is 6.42 Å². The second-order valence-electron chi connectivity index (χ2n) is 5.97. The Labute approximate surface area is 181 Å². The van der Waals surface area contributed by atoms with Gasteiger partial charge < -0.3 is 20.3 Å². The van der Waals surface area contributed by atoms with Gasteiger partial charge in [-0.3, -0.25) is 4.99 Å². The van der Waals surface area contributed by atoms with Crippen LogP contribution in [0.4, 0.5) is 5.95 Å². The molecule has 0 radical (unpaired) electrons. The number of nitrogens with zero attached hydrogens (tertiary/aromatic N) is 5. The minimum absolute atomic E-state index is 0. The van der Waals surface area contributed by atoms with Crippen molar-refractivity contribution in [2.24, 2.45) is 10.7 Å². The number of piperazine rings is 1. The predicted molar refractivity (Wildman–Crippen MR) is 119 cm³/mol. The van der Waals surface area contributed by atoms with Gasteiger partial charge in [0.1, 0.15) is 5.75 Å². The number of guanidine groups is 1. The van der Waals surface area contributed by atoms with Gasteiger partial charge in [0.2, 0.25) is 5.95 Å². The number of aliphatic imine (C=N–C) groups is 1. The van der Waals surface area contributed by atoms with Crippen molar-refractivity contribution in [1.82, 2.24) is 14.9 Å². The Bertz CT molecular complexity index is 753. The summed E-state index contributed by atoms with van der Waals surface area (Å²) in [7, 11) is 1.62. The molecule has 9 heteroatoms. The molecule has 0 bridgehead atoms. The SMILES string of the molecule is COc1ccc(CCN=C(N)N2CCN(c3ncccn3)CC2)c(Cl)c1.I. The topological polar surface area (TPSA) is 79.9 Å². The first-order valence-corrected chi connectivity index (χ1v) is 8.94. The van der Waals surface area contributed by atoms with Gasteiger partial charge in [0.05, 0.1) is 7.11 Å². The zero-order chi connectivity index (χ0) is 18.4. The number of nitrogens with two attached hydrogens (primary N) is 1. The van der Waals surface area contributed by atoms with E-state index in [0.29, 0.717) is 17.5 Å². The molecule has 146 valence electrons. The third-order valence-electron chi connectivity index (χ3n) is 4.35. The molecule has 2 N–H and O–H groups in total. The Morgan fingerprint density at radius 2 is 1.93 bits per heavy atom. The number of benzene rings is 1. The van der Waals surface area contributed by atoms with E-state index >= 15 is 0 Å². The molecular weight excluding hydrogens is 479 g/mol. The number of methoxy groups -OCH3 is 1. The lowest BCUT2D eigenvalue weighted by Crippen LogP contribution is -2.51. The summed E-state index contributed by atoms with van der Waals surface area (Å²) in [6.07, 6.45) is 4.25. The van der Waals surface area contributed by atoms with Gasteiger partial charge in [-0.15, -0.1) is 24.0 Å². The van der Waals surface area contributed by atoms with Gasteiger partial charge in [0.15, 0.2) is 5.96 Å². The van der Waals surface area contributed by atoms with Gasteiger partial charge in [-0.05, 0) is 30.2 Å². The summed E-state index contributed by atoms with van der Waals surface area (Å²) >= 11 is 6.26. The van der Waals surface area contributed by atoms with Crippen molar-refractivity contribution >= 4 is 47.5 Å². The van der Waals surface area contributed by atoms with Crippen LogP contribution in [0.2, 0.25) is 5.02 Å². The van der Waals surface area contributed by atoms with E-state index in [1.165, 1.54) is 0 Å². The fraction of sp³-hybridized carbons (Fsp3) is 0.389. The first kappa shape index (κ1) is 21.5. The highest BCUT2D eigenvalue weighted by atomic mass is 127. The minimum Gasteiger partial charge on any atom is -0.497 e. The number of halogens is 2. The van der Waals surface area contributed by atoms with Crippen molar-refractivity contribution < 1.29 is 4.74 Å². The summed E-state index contributed by atoms with van der Waals surface area (Å²) in [5, 5.41) is 0.689. The molecule has 1 fully saturated rings. The van der Waals surface area contributed by atoms with Crippen molar-refractivity contribution in [1.29, 1.82) is 0 Å². The average molecular weight is 503 g/mol. The summed E-state index contributed by atoms with van der Waals surface area (Å²) in [4.78, 5) is 17.3.